The van der Waals surface area contributed by atoms with E-state index in [0.29, 0.717) is 48.5 Å². The van der Waals surface area contributed by atoms with Gasteiger partial charge in [-0.3, -0.25) is 14.2 Å². The maximum absolute atomic E-state index is 13.5. The number of rotatable bonds is 6. The van der Waals surface area contributed by atoms with E-state index in [1.807, 2.05) is 6.92 Å². The van der Waals surface area contributed by atoms with Crippen LogP contribution in [0.1, 0.15) is 67.7 Å². The molecule has 0 radical (unpaired) electrons. The van der Waals surface area contributed by atoms with Gasteiger partial charge in [0, 0.05) is 48.1 Å². The lowest BCUT2D eigenvalue weighted by Crippen LogP contribution is -2.43. The number of aliphatic hydroxyl groups is 1. The molecule has 1 saturated heterocycles. The molecule has 2 aliphatic rings. The Kier molecular flexibility index (Phi) is 6.31. The van der Waals surface area contributed by atoms with Gasteiger partial charge in [0.15, 0.2) is 5.58 Å². The summed E-state index contributed by atoms with van der Waals surface area (Å²) in [6.07, 6.45) is 3.46. The minimum Gasteiger partial charge on any atom is -0.381 e. The molecule has 186 valence electrons. The van der Waals surface area contributed by atoms with E-state index in [1.54, 1.807) is 10.6 Å². The number of piperidine rings is 1. The summed E-state index contributed by atoms with van der Waals surface area (Å²) in [7, 11) is 0. The van der Waals surface area contributed by atoms with Gasteiger partial charge in [0.2, 0.25) is 0 Å². The van der Waals surface area contributed by atoms with Crippen LogP contribution in [0.15, 0.2) is 27.5 Å². The summed E-state index contributed by atoms with van der Waals surface area (Å²) in [6.45, 7) is 6.26. The highest BCUT2D eigenvalue weighted by atomic mass is 19.1. The van der Waals surface area contributed by atoms with E-state index in [0.717, 1.165) is 43.6 Å². The zero-order valence-electron chi connectivity index (χ0n) is 20.2. The molecule has 9 heteroatoms. The SMILES string of the molecule is CC(=O)CC1(O)CCCn2c1nc(C)c(CCN1CCC(c3noc4cc(F)ccc34)CC1)c2=O. The second-order valence-corrected chi connectivity index (χ2v) is 10.0. The third kappa shape index (κ3) is 4.54. The number of hydrogen-bond donors (Lipinski definition) is 1. The van der Waals surface area contributed by atoms with Crippen molar-refractivity contribution in [1.29, 1.82) is 0 Å². The van der Waals surface area contributed by atoms with Crippen LogP contribution in [-0.2, 0) is 23.4 Å². The van der Waals surface area contributed by atoms with Crippen molar-refractivity contribution in [3.05, 3.63) is 57.1 Å². The Hall–Kier alpha value is -2.91. The third-order valence-electron chi connectivity index (χ3n) is 7.51. The largest absolute Gasteiger partial charge is 0.381 e. The fourth-order valence-electron chi connectivity index (χ4n) is 5.70. The van der Waals surface area contributed by atoms with Crippen LogP contribution in [0.4, 0.5) is 4.39 Å². The first-order valence-corrected chi connectivity index (χ1v) is 12.3. The average molecular weight is 483 g/mol. The summed E-state index contributed by atoms with van der Waals surface area (Å²) < 4.78 is 20.4. The van der Waals surface area contributed by atoms with Crippen molar-refractivity contribution in [3.63, 3.8) is 0 Å². The van der Waals surface area contributed by atoms with E-state index in [2.05, 4.69) is 15.0 Å². The lowest BCUT2D eigenvalue weighted by molar-refractivity contribution is -0.123. The number of benzene rings is 1. The van der Waals surface area contributed by atoms with Gasteiger partial charge in [-0.1, -0.05) is 5.16 Å². The molecule has 2 aliphatic heterocycles. The number of carbonyl (C=O) groups excluding carboxylic acids is 1. The van der Waals surface area contributed by atoms with Crippen LogP contribution >= 0.6 is 0 Å². The zero-order valence-corrected chi connectivity index (χ0v) is 20.2. The standard InChI is InChI=1S/C26H31FN4O4/c1-16(32)15-26(34)9-3-10-31-24(33)20(17(2)28-25(26)31)8-13-30-11-6-18(7-12-30)23-21-5-4-19(27)14-22(21)35-29-23/h4-5,14,18,34H,3,6-13,15H2,1-2H3. The van der Waals surface area contributed by atoms with Gasteiger partial charge in [0.05, 0.1) is 5.69 Å². The zero-order chi connectivity index (χ0) is 24.7. The summed E-state index contributed by atoms with van der Waals surface area (Å²) in [5.41, 5.74) is 1.20. The fraction of sp³-hybridized carbons (Fsp3) is 0.538. The number of likely N-dealkylation sites (tertiary alicyclic amines) is 1. The molecule has 35 heavy (non-hydrogen) atoms. The van der Waals surface area contributed by atoms with Crippen molar-refractivity contribution in [1.82, 2.24) is 19.6 Å². The number of ketones is 1. The van der Waals surface area contributed by atoms with E-state index < -0.39 is 5.60 Å². The minimum absolute atomic E-state index is 0.0249. The van der Waals surface area contributed by atoms with Crippen LogP contribution in [0.2, 0.25) is 0 Å². The molecular weight excluding hydrogens is 451 g/mol. The Balaban J connectivity index is 1.26. The molecule has 5 rings (SSSR count). The molecule has 1 N–H and O–H groups in total. The Bertz CT molecular complexity index is 1320. The van der Waals surface area contributed by atoms with Gasteiger partial charge < -0.3 is 14.5 Å². The molecule has 1 unspecified atom stereocenters. The number of nitrogens with zero attached hydrogens (tertiary/aromatic N) is 4. The topological polar surface area (TPSA) is 101 Å². The Labute approximate surface area is 202 Å². The van der Waals surface area contributed by atoms with E-state index >= 15 is 0 Å². The van der Waals surface area contributed by atoms with E-state index in [1.165, 1.54) is 19.1 Å². The van der Waals surface area contributed by atoms with Gasteiger partial charge in [-0.25, -0.2) is 9.37 Å². The lowest BCUT2D eigenvalue weighted by Gasteiger charge is -2.34. The van der Waals surface area contributed by atoms with Crippen molar-refractivity contribution in [3.8, 4) is 0 Å². The van der Waals surface area contributed by atoms with Gasteiger partial charge in [-0.05, 0) is 71.2 Å². The monoisotopic (exact) mass is 482 g/mol. The maximum Gasteiger partial charge on any atom is 0.257 e. The summed E-state index contributed by atoms with van der Waals surface area (Å²) in [5, 5.41) is 16.2. The predicted octanol–water partition coefficient (Wildman–Crippen LogP) is 3.21. The second-order valence-electron chi connectivity index (χ2n) is 10.0. The molecule has 0 amide bonds. The van der Waals surface area contributed by atoms with Gasteiger partial charge in [-0.15, -0.1) is 0 Å². The normalized spacial score (nSPS) is 21.4. The number of aromatic nitrogens is 3. The lowest BCUT2D eigenvalue weighted by atomic mass is 9.88. The van der Waals surface area contributed by atoms with Crippen LogP contribution in [0, 0.1) is 12.7 Å². The molecule has 2 aromatic heterocycles. The first-order chi connectivity index (χ1) is 16.7. The van der Waals surface area contributed by atoms with Crippen molar-refractivity contribution in [2.75, 3.05) is 19.6 Å². The number of hydrogen-bond acceptors (Lipinski definition) is 7. The summed E-state index contributed by atoms with van der Waals surface area (Å²) >= 11 is 0. The molecule has 0 spiro atoms. The number of Topliss-reactive ketones (excluding diaryl/α,β-unsaturated/α-hetero) is 1. The highest BCUT2D eigenvalue weighted by molar-refractivity contribution is 5.80. The van der Waals surface area contributed by atoms with Crippen molar-refractivity contribution in [2.45, 2.75) is 70.4 Å². The highest BCUT2D eigenvalue weighted by Gasteiger charge is 2.39. The Morgan fingerprint density at radius 2 is 2.06 bits per heavy atom. The number of halogens is 1. The first-order valence-electron chi connectivity index (χ1n) is 12.3. The number of aryl methyl sites for hydroxylation is 1. The molecule has 8 nitrogen and oxygen atoms in total. The highest BCUT2D eigenvalue weighted by Crippen LogP contribution is 2.34. The molecular formula is C26H31FN4O4. The van der Waals surface area contributed by atoms with Crippen LogP contribution < -0.4 is 5.56 Å². The number of fused-ring (bicyclic) bond motifs is 2. The van der Waals surface area contributed by atoms with Crippen LogP contribution in [0.5, 0.6) is 0 Å². The van der Waals surface area contributed by atoms with E-state index in [9.17, 15) is 19.1 Å². The molecule has 0 saturated carbocycles. The maximum atomic E-state index is 13.5. The Morgan fingerprint density at radius 3 is 2.80 bits per heavy atom. The van der Waals surface area contributed by atoms with Crippen molar-refractivity contribution < 1.29 is 18.8 Å². The fourth-order valence-corrected chi connectivity index (χ4v) is 5.70. The summed E-state index contributed by atoms with van der Waals surface area (Å²) in [6, 6.07) is 4.54. The molecule has 0 aliphatic carbocycles. The summed E-state index contributed by atoms with van der Waals surface area (Å²) in [5.74, 6) is 0.132. The summed E-state index contributed by atoms with van der Waals surface area (Å²) in [4.78, 5) is 32.0. The van der Waals surface area contributed by atoms with Gasteiger partial charge in [0.25, 0.3) is 5.56 Å². The molecule has 3 aromatic rings. The Morgan fingerprint density at radius 1 is 1.29 bits per heavy atom. The average Bonchev–Trinajstić information content (AvgIpc) is 3.22. The predicted molar refractivity (Wildman–Crippen MR) is 128 cm³/mol. The van der Waals surface area contributed by atoms with Crippen LogP contribution in [0.3, 0.4) is 0 Å². The number of carbonyl (C=O) groups is 1. The molecule has 1 fully saturated rings. The van der Waals surface area contributed by atoms with Crippen molar-refractivity contribution in [2.24, 2.45) is 0 Å². The minimum atomic E-state index is -1.37. The van der Waals surface area contributed by atoms with E-state index in [-0.39, 0.29) is 29.5 Å². The van der Waals surface area contributed by atoms with Crippen LogP contribution in [0.25, 0.3) is 11.0 Å². The van der Waals surface area contributed by atoms with E-state index in [4.69, 9.17) is 4.52 Å². The van der Waals surface area contributed by atoms with Gasteiger partial charge >= 0.3 is 0 Å². The quantitative estimate of drug-likeness (QED) is 0.576. The first kappa shape index (κ1) is 23.8. The third-order valence-corrected chi connectivity index (χ3v) is 7.51. The van der Waals surface area contributed by atoms with Crippen molar-refractivity contribution >= 4 is 16.8 Å². The smallest absolute Gasteiger partial charge is 0.257 e. The molecule has 1 atom stereocenters. The molecule has 1 aromatic carbocycles. The van der Waals surface area contributed by atoms with Crippen LogP contribution in [-0.4, -0.2) is 50.1 Å². The second kappa shape index (κ2) is 9.28. The molecule has 0 bridgehead atoms. The molecule has 4 heterocycles. The van der Waals surface area contributed by atoms with Gasteiger partial charge in [-0.2, -0.15) is 0 Å². The van der Waals surface area contributed by atoms with Gasteiger partial charge in [0.1, 0.15) is 23.0 Å².